The lowest BCUT2D eigenvalue weighted by Crippen LogP contribution is -2.53. The number of nitrogens with zero attached hydrogens (tertiary/aromatic N) is 3. The summed E-state index contributed by atoms with van der Waals surface area (Å²) in [5.74, 6) is 0.209. The van der Waals surface area contributed by atoms with Crippen LogP contribution in [0.5, 0.6) is 0 Å². The van der Waals surface area contributed by atoms with Crippen LogP contribution in [0.15, 0.2) is 0 Å². The van der Waals surface area contributed by atoms with Gasteiger partial charge in [-0.1, -0.05) is 12.8 Å². The lowest BCUT2D eigenvalue weighted by molar-refractivity contribution is -0.138. The maximum absolute atomic E-state index is 12.5. The second-order valence-electron chi connectivity index (χ2n) is 5.40. The van der Waals surface area contributed by atoms with E-state index in [2.05, 4.69) is 11.0 Å². The van der Waals surface area contributed by atoms with Gasteiger partial charge in [-0.3, -0.25) is 9.69 Å². The van der Waals surface area contributed by atoms with Gasteiger partial charge in [-0.15, -0.1) is 0 Å². The van der Waals surface area contributed by atoms with Crippen LogP contribution in [0.1, 0.15) is 32.6 Å². The monoisotopic (exact) mass is 265 g/mol. The van der Waals surface area contributed by atoms with Crippen LogP contribution in [-0.4, -0.2) is 60.6 Å². The Labute approximate surface area is 115 Å². The summed E-state index contributed by atoms with van der Waals surface area (Å²) in [6.45, 7) is 5.53. The molecule has 0 aromatic rings. The molecule has 0 aliphatic carbocycles. The van der Waals surface area contributed by atoms with E-state index in [0.717, 1.165) is 32.5 Å². The van der Waals surface area contributed by atoms with Gasteiger partial charge in [-0.05, 0) is 19.8 Å². The highest BCUT2D eigenvalue weighted by Gasteiger charge is 2.30. The van der Waals surface area contributed by atoms with Gasteiger partial charge >= 0.3 is 0 Å². The molecule has 1 amide bonds. The van der Waals surface area contributed by atoms with Crippen molar-refractivity contribution in [2.24, 2.45) is 0 Å². The van der Waals surface area contributed by atoms with E-state index in [1.165, 1.54) is 12.8 Å². The minimum Gasteiger partial charge on any atom is -0.361 e. The minimum atomic E-state index is -0.395. The van der Waals surface area contributed by atoms with E-state index in [1.54, 1.807) is 0 Å². The van der Waals surface area contributed by atoms with Crippen LogP contribution in [0.4, 0.5) is 0 Å². The van der Waals surface area contributed by atoms with Crippen LogP contribution in [0, 0.1) is 11.3 Å². The third-order valence-electron chi connectivity index (χ3n) is 4.06. The van der Waals surface area contributed by atoms with Crippen molar-refractivity contribution in [3.63, 3.8) is 0 Å². The summed E-state index contributed by atoms with van der Waals surface area (Å²) >= 11 is 0. The Bertz CT molecular complexity index is 345. The Morgan fingerprint density at radius 1 is 1.26 bits per heavy atom. The fourth-order valence-electron chi connectivity index (χ4n) is 2.81. The summed E-state index contributed by atoms with van der Waals surface area (Å²) in [5.41, 5.74) is 0. The summed E-state index contributed by atoms with van der Waals surface area (Å²) < 4.78 is 5.33. The summed E-state index contributed by atoms with van der Waals surface area (Å²) in [4.78, 5) is 16.6. The number of likely N-dealkylation sites (tertiary alicyclic amines) is 1. The van der Waals surface area contributed by atoms with Crippen LogP contribution in [0.2, 0.25) is 0 Å². The first kappa shape index (κ1) is 14.3. The third kappa shape index (κ3) is 3.68. The first-order valence-electron chi connectivity index (χ1n) is 7.26. The second-order valence-corrected chi connectivity index (χ2v) is 5.40. The molecule has 0 aromatic heterocycles. The van der Waals surface area contributed by atoms with E-state index in [4.69, 9.17) is 10.00 Å². The number of carbonyl (C=O) groups is 1. The van der Waals surface area contributed by atoms with Crippen molar-refractivity contribution in [2.75, 3.05) is 32.8 Å². The number of hydrogen-bond acceptors (Lipinski definition) is 4. The molecule has 5 nitrogen and oxygen atoms in total. The number of rotatable bonds is 2. The van der Waals surface area contributed by atoms with E-state index >= 15 is 0 Å². The summed E-state index contributed by atoms with van der Waals surface area (Å²) in [6, 6.07) is 1.99. The quantitative estimate of drug-likeness (QED) is 0.747. The number of morpholine rings is 1. The van der Waals surface area contributed by atoms with Crippen molar-refractivity contribution in [3.05, 3.63) is 0 Å². The van der Waals surface area contributed by atoms with Crippen molar-refractivity contribution in [1.29, 1.82) is 5.26 Å². The average molecular weight is 265 g/mol. The predicted octanol–water partition coefficient (Wildman–Crippen LogP) is 1.00. The molecule has 5 heteroatoms. The van der Waals surface area contributed by atoms with Crippen molar-refractivity contribution in [2.45, 2.75) is 44.8 Å². The highest BCUT2D eigenvalue weighted by molar-refractivity contribution is 5.81. The van der Waals surface area contributed by atoms with Gasteiger partial charge in [-0.25, -0.2) is 0 Å². The van der Waals surface area contributed by atoms with Crippen LogP contribution in [-0.2, 0) is 9.53 Å². The van der Waals surface area contributed by atoms with Gasteiger partial charge in [0, 0.05) is 26.2 Å². The zero-order valence-corrected chi connectivity index (χ0v) is 11.7. The van der Waals surface area contributed by atoms with Crippen LogP contribution in [0.3, 0.4) is 0 Å². The zero-order valence-electron chi connectivity index (χ0n) is 11.7. The van der Waals surface area contributed by atoms with E-state index in [9.17, 15) is 4.79 Å². The molecule has 0 N–H and O–H groups in total. The molecule has 0 saturated carbocycles. The maximum atomic E-state index is 12.5. The number of nitriles is 1. The maximum Gasteiger partial charge on any atom is 0.239 e. The van der Waals surface area contributed by atoms with Crippen molar-refractivity contribution < 1.29 is 9.53 Å². The Morgan fingerprint density at radius 2 is 1.95 bits per heavy atom. The van der Waals surface area contributed by atoms with E-state index in [1.807, 2.05) is 11.8 Å². The molecule has 2 atom stereocenters. The van der Waals surface area contributed by atoms with Gasteiger partial charge in [0.2, 0.25) is 5.91 Å². The summed E-state index contributed by atoms with van der Waals surface area (Å²) in [7, 11) is 0. The Hall–Kier alpha value is -1.12. The number of carbonyl (C=O) groups excluding carboxylic acids is 1. The van der Waals surface area contributed by atoms with Gasteiger partial charge in [0.25, 0.3) is 0 Å². The first-order chi connectivity index (χ1) is 9.22. The van der Waals surface area contributed by atoms with Crippen LogP contribution >= 0.6 is 0 Å². The molecule has 19 heavy (non-hydrogen) atoms. The SMILES string of the molecule is CC(C(=O)N1CCCCCC1)N1CCOC(C#N)C1. The molecule has 0 radical (unpaired) electrons. The van der Waals surface area contributed by atoms with E-state index in [-0.39, 0.29) is 11.9 Å². The molecule has 2 rings (SSSR count). The second kappa shape index (κ2) is 6.88. The van der Waals surface area contributed by atoms with Crippen molar-refractivity contribution in [3.8, 4) is 6.07 Å². The molecular weight excluding hydrogens is 242 g/mol. The Morgan fingerprint density at radius 3 is 2.58 bits per heavy atom. The number of amides is 1. The molecule has 0 bridgehead atoms. The number of hydrogen-bond donors (Lipinski definition) is 0. The first-order valence-corrected chi connectivity index (χ1v) is 7.26. The lowest BCUT2D eigenvalue weighted by atomic mass is 10.2. The van der Waals surface area contributed by atoms with Gasteiger partial charge in [0.1, 0.15) is 0 Å². The molecule has 2 aliphatic rings. The molecule has 0 spiro atoms. The average Bonchev–Trinajstić information content (AvgIpc) is 2.75. The fraction of sp³-hybridized carbons (Fsp3) is 0.857. The fourth-order valence-corrected chi connectivity index (χ4v) is 2.81. The normalized spacial score (nSPS) is 27.4. The molecule has 2 saturated heterocycles. The zero-order chi connectivity index (χ0) is 13.7. The molecule has 2 unspecified atom stereocenters. The molecular formula is C14H23N3O2. The smallest absolute Gasteiger partial charge is 0.239 e. The van der Waals surface area contributed by atoms with Crippen LogP contribution in [0.25, 0.3) is 0 Å². The third-order valence-corrected chi connectivity index (χ3v) is 4.06. The van der Waals surface area contributed by atoms with Crippen LogP contribution < -0.4 is 0 Å². The van der Waals surface area contributed by atoms with Gasteiger partial charge in [0.15, 0.2) is 6.10 Å². The van der Waals surface area contributed by atoms with Crippen molar-refractivity contribution in [1.82, 2.24) is 9.80 Å². The molecule has 0 aromatic carbocycles. The standard InChI is InChI=1S/C14H23N3O2/c1-12(17-8-9-19-13(10-15)11-17)14(18)16-6-4-2-3-5-7-16/h12-13H,2-9,11H2,1H3. The highest BCUT2D eigenvalue weighted by Crippen LogP contribution is 2.15. The molecule has 2 heterocycles. The van der Waals surface area contributed by atoms with Gasteiger partial charge < -0.3 is 9.64 Å². The van der Waals surface area contributed by atoms with Gasteiger partial charge in [0.05, 0.1) is 18.7 Å². The molecule has 2 aliphatic heterocycles. The Kier molecular flexibility index (Phi) is 5.17. The summed E-state index contributed by atoms with van der Waals surface area (Å²) in [6.07, 6.45) is 4.29. The highest BCUT2D eigenvalue weighted by atomic mass is 16.5. The largest absolute Gasteiger partial charge is 0.361 e. The summed E-state index contributed by atoms with van der Waals surface area (Å²) in [5, 5.41) is 8.92. The minimum absolute atomic E-state index is 0.141. The van der Waals surface area contributed by atoms with E-state index in [0.29, 0.717) is 13.2 Å². The van der Waals surface area contributed by atoms with Crippen molar-refractivity contribution >= 4 is 5.91 Å². The number of ether oxygens (including phenoxy) is 1. The molecule has 2 fully saturated rings. The molecule has 106 valence electrons. The predicted molar refractivity (Wildman–Crippen MR) is 71.4 cm³/mol. The topological polar surface area (TPSA) is 56.6 Å². The van der Waals surface area contributed by atoms with E-state index < -0.39 is 6.10 Å². The lowest BCUT2D eigenvalue weighted by Gasteiger charge is -2.36. The Balaban J connectivity index is 1.92. The van der Waals surface area contributed by atoms with Gasteiger partial charge in [-0.2, -0.15) is 5.26 Å².